The average molecular weight is 429 g/mol. The number of thioether (sulfide) groups is 1. The molecule has 1 amide bonds. The van der Waals surface area contributed by atoms with E-state index in [-0.39, 0.29) is 11.7 Å². The van der Waals surface area contributed by atoms with E-state index in [1.165, 1.54) is 23.3 Å². The highest BCUT2D eigenvalue weighted by Gasteiger charge is 2.20. The first kappa shape index (κ1) is 22.2. The lowest BCUT2D eigenvalue weighted by Gasteiger charge is -2.19. The number of nitrogens with zero attached hydrogens (tertiary/aromatic N) is 2. The van der Waals surface area contributed by atoms with Crippen LogP contribution in [0.25, 0.3) is 0 Å². The average Bonchev–Trinajstić information content (AvgIpc) is 3.16. The van der Waals surface area contributed by atoms with Crippen LogP contribution >= 0.6 is 11.8 Å². The number of nitrogens with one attached hydrogen (secondary N) is 2. The summed E-state index contributed by atoms with van der Waals surface area (Å²) in [5, 5.41) is 6.70. The van der Waals surface area contributed by atoms with Crippen molar-refractivity contribution in [3.63, 3.8) is 0 Å². The lowest BCUT2D eigenvalue weighted by atomic mass is 10.1. The minimum Gasteiger partial charge on any atom is -0.356 e. The van der Waals surface area contributed by atoms with Gasteiger partial charge in [0.1, 0.15) is 5.82 Å². The molecule has 1 aliphatic rings. The number of hydrogen-bond donors (Lipinski definition) is 2. The molecule has 0 saturated carbocycles. The number of benzene rings is 2. The Labute approximate surface area is 182 Å². The van der Waals surface area contributed by atoms with Crippen LogP contribution in [0.2, 0.25) is 0 Å². The highest BCUT2D eigenvalue weighted by molar-refractivity contribution is 7.99. The van der Waals surface area contributed by atoms with Gasteiger partial charge < -0.3 is 15.5 Å². The Balaban J connectivity index is 1.41. The number of halogens is 1. The summed E-state index contributed by atoms with van der Waals surface area (Å²) in [6, 6.07) is 14.8. The maximum Gasteiger partial charge on any atom is 0.222 e. The quantitative estimate of drug-likeness (QED) is 0.276. The molecule has 2 aromatic carbocycles. The van der Waals surface area contributed by atoms with Gasteiger partial charge in [0.25, 0.3) is 0 Å². The Hall–Kier alpha value is -2.54. The zero-order chi connectivity index (χ0) is 21.2. The molecule has 1 fully saturated rings. The van der Waals surface area contributed by atoms with Crippen LogP contribution in [0.3, 0.4) is 0 Å². The Morgan fingerprint density at radius 1 is 1.13 bits per heavy atom. The molecule has 0 unspecified atom stereocenters. The Morgan fingerprint density at radius 3 is 2.60 bits per heavy atom. The van der Waals surface area contributed by atoms with Crippen LogP contribution in [0.15, 0.2) is 58.4 Å². The monoisotopic (exact) mass is 428 g/mol. The summed E-state index contributed by atoms with van der Waals surface area (Å²) in [6.07, 6.45) is 2.59. The second kappa shape index (κ2) is 11.6. The number of carbonyl (C=O) groups excluding carboxylic acids is 1. The summed E-state index contributed by atoms with van der Waals surface area (Å²) < 4.78 is 12.9. The van der Waals surface area contributed by atoms with Gasteiger partial charge in [0.15, 0.2) is 5.96 Å². The van der Waals surface area contributed by atoms with Crippen molar-refractivity contribution in [2.75, 3.05) is 25.9 Å². The largest absolute Gasteiger partial charge is 0.356 e. The Bertz CT molecular complexity index is 857. The molecule has 0 aromatic heterocycles. The van der Waals surface area contributed by atoms with Gasteiger partial charge in [0, 0.05) is 44.5 Å². The summed E-state index contributed by atoms with van der Waals surface area (Å²) in [5.74, 6) is 1.74. The van der Waals surface area contributed by atoms with E-state index in [4.69, 9.17) is 0 Å². The number of likely N-dealkylation sites (tertiary alicyclic amines) is 1. The zero-order valence-corrected chi connectivity index (χ0v) is 18.2. The van der Waals surface area contributed by atoms with E-state index in [1.807, 2.05) is 17.0 Å². The molecular formula is C23H29FN4OS. The maximum absolute atomic E-state index is 12.9. The molecule has 0 aliphatic carbocycles. The fourth-order valence-electron chi connectivity index (χ4n) is 3.36. The zero-order valence-electron chi connectivity index (χ0n) is 17.4. The molecule has 0 bridgehead atoms. The number of guanidine groups is 1. The van der Waals surface area contributed by atoms with E-state index in [1.54, 1.807) is 30.9 Å². The van der Waals surface area contributed by atoms with Crippen molar-refractivity contribution in [3.8, 4) is 0 Å². The van der Waals surface area contributed by atoms with Crippen LogP contribution in [0.5, 0.6) is 0 Å². The van der Waals surface area contributed by atoms with Crippen molar-refractivity contribution in [3.05, 3.63) is 65.5 Å². The van der Waals surface area contributed by atoms with Crippen LogP contribution in [-0.4, -0.2) is 42.7 Å². The predicted octanol–water partition coefficient (Wildman–Crippen LogP) is 3.80. The van der Waals surface area contributed by atoms with Crippen LogP contribution < -0.4 is 10.6 Å². The van der Waals surface area contributed by atoms with Gasteiger partial charge in [0.2, 0.25) is 5.91 Å². The number of amides is 1. The summed E-state index contributed by atoms with van der Waals surface area (Å²) >= 11 is 1.72. The van der Waals surface area contributed by atoms with Gasteiger partial charge in [-0.05, 0) is 54.0 Å². The van der Waals surface area contributed by atoms with E-state index in [0.717, 1.165) is 42.5 Å². The second-order valence-corrected chi connectivity index (χ2v) is 8.36. The third-order valence-electron chi connectivity index (χ3n) is 5.02. The normalized spacial score (nSPS) is 14.3. The van der Waals surface area contributed by atoms with E-state index < -0.39 is 0 Å². The van der Waals surface area contributed by atoms with Crippen molar-refractivity contribution in [1.29, 1.82) is 0 Å². The van der Waals surface area contributed by atoms with Crippen molar-refractivity contribution < 1.29 is 9.18 Å². The fraction of sp³-hybridized carbons (Fsp3) is 0.391. The maximum atomic E-state index is 12.9. The van der Waals surface area contributed by atoms with Crippen molar-refractivity contribution in [2.45, 2.75) is 37.2 Å². The predicted molar refractivity (Wildman–Crippen MR) is 121 cm³/mol. The Kier molecular flexibility index (Phi) is 8.56. The summed E-state index contributed by atoms with van der Waals surface area (Å²) in [6.45, 7) is 2.98. The molecule has 1 aliphatic heterocycles. The van der Waals surface area contributed by atoms with Gasteiger partial charge in [-0.15, -0.1) is 11.8 Å². The van der Waals surface area contributed by atoms with Crippen LogP contribution in [-0.2, 0) is 17.9 Å². The molecular weight excluding hydrogens is 399 g/mol. The topological polar surface area (TPSA) is 56.7 Å². The molecule has 0 atom stereocenters. The molecule has 0 radical (unpaired) electrons. The molecule has 0 spiro atoms. The van der Waals surface area contributed by atoms with E-state index in [9.17, 15) is 9.18 Å². The van der Waals surface area contributed by atoms with Crippen LogP contribution in [0.1, 0.15) is 30.4 Å². The standard InChI is InChI=1S/C23H29FN4OS/c1-25-23(26-13-5-15-30-21-11-9-20(24)10-12-21)27-16-18-6-2-3-7-19(18)17-28-14-4-8-22(28)29/h2-3,6-7,9-12H,4-5,8,13-17H2,1H3,(H2,25,26,27). The summed E-state index contributed by atoms with van der Waals surface area (Å²) in [7, 11) is 1.76. The fourth-order valence-corrected chi connectivity index (χ4v) is 4.21. The first-order chi connectivity index (χ1) is 14.7. The summed E-state index contributed by atoms with van der Waals surface area (Å²) in [4.78, 5) is 19.2. The van der Waals surface area contributed by atoms with Gasteiger partial charge in [-0.3, -0.25) is 9.79 Å². The minimum absolute atomic E-state index is 0.204. The van der Waals surface area contributed by atoms with E-state index in [0.29, 0.717) is 19.5 Å². The van der Waals surface area contributed by atoms with Gasteiger partial charge in [0.05, 0.1) is 0 Å². The SMILES string of the molecule is CN=C(NCCCSc1ccc(F)cc1)NCc1ccccc1CN1CCCC1=O. The molecule has 5 nitrogen and oxygen atoms in total. The smallest absolute Gasteiger partial charge is 0.222 e. The van der Waals surface area contributed by atoms with E-state index >= 15 is 0 Å². The van der Waals surface area contributed by atoms with Gasteiger partial charge in [-0.2, -0.15) is 0 Å². The third kappa shape index (κ3) is 6.76. The first-order valence-corrected chi connectivity index (χ1v) is 11.3. The number of aliphatic imine (C=N–C) groups is 1. The van der Waals surface area contributed by atoms with Gasteiger partial charge in [-0.1, -0.05) is 24.3 Å². The van der Waals surface area contributed by atoms with Gasteiger partial charge in [-0.25, -0.2) is 4.39 Å². The molecule has 7 heteroatoms. The van der Waals surface area contributed by atoms with Gasteiger partial charge >= 0.3 is 0 Å². The van der Waals surface area contributed by atoms with Crippen molar-refractivity contribution >= 4 is 23.6 Å². The van der Waals surface area contributed by atoms with Crippen molar-refractivity contribution in [1.82, 2.24) is 15.5 Å². The lowest BCUT2D eigenvalue weighted by molar-refractivity contribution is -0.128. The highest BCUT2D eigenvalue weighted by atomic mass is 32.2. The lowest BCUT2D eigenvalue weighted by Crippen LogP contribution is -2.37. The Morgan fingerprint density at radius 2 is 1.90 bits per heavy atom. The minimum atomic E-state index is -0.204. The van der Waals surface area contributed by atoms with Crippen LogP contribution in [0, 0.1) is 5.82 Å². The highest BCUT2D eigenvalue weighted by Crippen LogP contribution is 2.19. The van der Waals surface area contributed by atoms with Crippen molar-refractivity contribution in [2.24, 2.45) is 4.99 Å². The molecule has 2 N–H and O–H groups in total. The number of hydrogen-bond acceptors (Lipinski definition) is 3. The molecule has 3 rings (SSSR count). The second-order valence-electron chi connectivity index (χ2n) is 7.20. The first-order valence-electron chi connectivity index (χ1n) is 10.3. The summed E-state index contributed by atoms with van der Waals surface area (Å²) in [5.41, 5.74) is 2.35. The molecule has 1 saturated heterocycles. The van der Waals surface area contributed by atoms with Crippen LogP contribution in [0.4, 0.5) is 4.39 Å². The molecule has 1 heterocycles. The molecule has 160 valence electrons. The number of rotatable bonds is 9. The third-order valence-corrected chi connectivity index (χ3v) is 6.12. The van der Waals surface area contributed by atoms with E-state index in [2.05, 4.69) is 27.8 Å². The molecule has 2 aromatic rings. The number of carbonyl (C=O) groups is 1. The molecule has 30 heavy (non-hydrogen) atoms.